The number of ether oxygens (including phenoxy) is 1. The van der Waals surface area contributed by atoms with Crippen LogP contribution >= 0.6 is 31.6 Å². The topological polar surface area (TPSA) is 140 Å². The standard InChI is InChI=1S/C32H38N3O7PS2/c1-20(2)41-43(38,42-21(3)4)28-29(44)25(18-33)27(24-14-12-22(5)13-15-24)40-31(28)35-30(36)26(16-17-45-6)34-32(37)39-19-23-10-8-7-9-11-23/h7-15,20-21,26H,16-17,19H2,1-6H3,(H,34,37)(H,35,36)/t26-/m0/s1. The molecule has 240 valence electrons. The van der Waals surface area contributed by atoms with E-state index in [1.54, 1.807) is 39.8 Å². The van der Waals surface area contributed by atoms with Gasteiger partial charge in [0.05, 0.1) is 16.7 Å². The van der Waals surface area contributed by atoms with E-state index >= 15 is 0 Å². The molecule has 2 aromatic carbocycles. The number of hydrogen-bond acceptors (Lipinski definition) is 10. The van der Waals surface area contributed by atoms with Gasteiger partial charge in [-0.2, -0.15) is 17.0 Å². The van der Waals surface area contributed by atoms with Crippen LogP contribution in [0.15, 0.2) is 59.0 Å². The minimum absolute atomic E-state index is 0.0140. The summed E-state index contributed by atoms with van der Waals surface area (Å²) in [5.41, 5.74) is 2.20. The summed E-state index contributed by atoms with van der Waals surface area (Å²) in [6.45, 7) is 8.61. The van der Waals surface area contributed by atoms with Crippen molar-refractivity contribution < 1.29 is 32.4 Å². The van der Waals surface area contributed by atoms with Gasteiger partial charge in [-0.1, -0.05) is 72.4 Å². The number of rotatable bonds is 14. The maximum absolute atomic E-state index is 14.4. The minimum atomic E-state index is -4.28. The smallest absolute Gasteiger partial charge is 0.408 e. The monoisotopic (exact) mass is 671 g/mol. The number of carbonyl (C=O) groups excluding carboxylic acids is 2. The van der Waals surface area contributed by atoms with Crippen molar-refractivity contribution in [3.63, 3.8) is 0 Å². The first-order valence-corrected chi connectivity index (χ1v) is 17.7. The quantitative estimate of drug-likeness (QED) is 0.131. The molecule has 2 amide bonds. The van der Waals surface area contributed by atoms with Gasteiger partial charge in [0.25, 0.3) is 0 Å². The van der Waals surface area contributed by atoms with Crippen LogP contribution in [0, 0.1) is 22.8 Å². The second-order valence-corrected chi connectivity index (χ2v) is 13.9. The number of hydrogen-bond donors (Lipinski definition) is 2. The number of amides is 2. The maximum atomic E-state index is 14.4. The average Bonchev–Trinajstić information content (AvgIpc) is 2.97. The number of anilines is 1. The minimum Gasteiger partial charge on any atom is -0.445 e. The highest BCUT2D eigenvalue weighted by atomic mass is 32.2. The maximum Gasteiger partial charge on any atom is 0.408 e. The molecule has 0 saturated heterocycles. The lowest BCUT2D eigenvalue weighted by atomic mass is 10.1. The largest absolute Gasteiger partial charge is 0.445 e. The van der Waals surface area contributed by atoms with E-state index in [1.807, 2.05) is 55.6 Å². The molecular weight excluding hydrogens is 633 g/mol. The zero-order valence-corrected chi connectivity index (χ0v) is 28.6. The third kappa shape index (κ3) is 10.0. The van der Waals surface area contributed by atoms with E-state index in [2.05, 4.69) is 16.7 Å². The Morgan fingerprint density at radius 2 is 1.67 bits per heavy atom. The Balaban J connectivity index is 2.10. The van der Waals surface area contributed by atoms with Gasteiger partial charge < -0.3 is 23.5 Å². The molecule has 0 unspecified atom stereocenters. The zero-order chi connectivity index (χ0) is 33.1. The van der Waals surface area contributed by atoms with Gasteiger partial charge in [0, 0.05) is 5.56 Å². The molecule has 3 aromatic rings. The lowest BCUT2D eigenvalue weighted by Gasteiger charge is -2.25. The summed E-state index contributed by atoms with van der Waals surface area (Å²) < 4.78 is 37.4. The lowest BCUT2D eigenvalue weighted by Crippen LogP contribution is -2.45. The number of benzene rings is 2. The Hall–Kier alpha value is -3.46. The van der Waals surface area contributed by atoms with Crippen molar-refractivity contribution in [3.8, 4) is 17.4 Å². The van der Waals surface area contributed by atoms with Crippen LogP contribution in [-0.4, -0.2) is 42.3 Å². The summed E-state index contributed by atoms with van der Waals surface area (Å²) in [6, 6.07) is 17.3. The summed E-state index contributed by atoms with van der Waals surface area (Å²) in [6.07, 6.45) is 0.165. The van der Waals surface area contributed by atoms with Crippen molar-refractivity contribution in [2.45, 2.75) is 65.9 Å². The molecule has 3 rings (SSSR count). The van der Waals surface area contributed by atoms with Gasteiger partial charge in [-0.15, -0.1) is 0 Å². The number of nitrogens with zero attached hydrogens (tertiary/aromatic N) is 1. The van der Waals surface area contributed by atoms with E-state index < -0.39 is 37.8 Å². The third-order valence-corrected chi connectivity index (χ3v) is 9.73. The third-order valence-electron chi connectivity index (χ3n) is 6.16. The summed E-state index contributed by atoms with van der Waals surface area (Å²) in [5, 5.41) is 15.2. The molecule has 10 nitrogen and oxygen atoms in total. The van der Waals surface area contributed by atoms with E-state index in [0.717, 1.165) is 11.1 Å². The van der Waals surface area contributed by atoms with Crippen molar-refractivity contribution in [1.29, 1.82) is 5.26 Å². The van der Waals surface area contributed by atoms with Crippen molar-refractivity contribution in [2.75, 3.05) is 17.3 Å². The Morgan fingerprint density at radius 3 is 2.22 bits per heavy atom. The Kier molecular flexibility index (Phi) is 13.4. The fraction of sp³-hybridized carbons (Fsp3) is 0.375. The zero-order valence-electron chi connectivity index (χ0n) is 26.1. The molecule has 0 aliphatic carbocycles. The molecule has 0 spiro atoms. The van der Waals surface area contributed by atoms with Crippen LogP contribution in [0.4, 0.5) is 10.7 Å². The molecule has 1 heterocycles. The van der Waals surface area contributed by atoms with E-state index in [9.17, 15) is 19.4 Å². The SMILES string of the molecule is CSCC[C@H](NC(=O)OCc1ccccc1)C(=O)Nc1oc(-c2ccc(C)cc2)c(C#N)c(=S)c1P(=O)(OC(C)C)OC(C)C. The molecule has 0 aliphatic heterocycles. The normalized spacial score (nSPS) is 12.1. The predicted octanol–water partition coefficient (Wildman–Crippen LogP) is 7.51. The second kappa shape index (κ2) is 16.7. The van der Waals surface area contributed by atoms with Gasteiger partial charge >= 0.3 is 13.7 Å². The molecule has 45 heavy (non-hydrogen) atoms. The van der Waals surface area contributed by atoms with Gasteiger partial charge in [-0.05, 0) is 58.6 Å². The van der Waals surface area contributed by atoms with E-state index in [0.29, 0.717) is 11.3 Å². The van der Waals surface area contributed by atoms with Crippen molar-refractivity contribution in [3.05, 3.63) is 75.8 Å². The van der Waals surface area contributed by atoms with Gasteiger partial charge in [-0.3, -0.25) is 14.7 Å². The number of thioether (sulfide) groups is 1. The Bertz CT molecular complexity index is 1610. The number of carbonyl (C=O) groups is 2. The molecule has 1 atom stereocenters. The van der Waals surface area contributed by atoms with Crippen LogP contribution in [-0.2, 0) is 29.8 Å². The first-order valence-electron chi connectivity index (χ1n) is 14.3. The average molecular weight is 672 g/mol. The summed E-state index contributed by atoms with van der Waals surface area (Å²) in [5.74, 6) is -0.392. The van der Waals surface area contributed by atoms with E-state index in [1.165, 1.54) is 11.8 Å². The van der Waals surface area contributed by atoms with Gasteiger partial charge in [-0.25, -0.2) is 4.79 Å². The second-order valence-electron chi connectivity index (χ2n) is 10.6. The van der Waals surface area contributed by atoms with E-state index in [-0.39, 0.29) is 40.1 Å². The molecule has 0 saturated carbocycles. The van der Waals surface area contributed by atoms with Gasteiger partial charge in [0.15, 0.2) is 5.76 Å². The summed E-state index contributed by atoms with van der Waals surface area (Å²) >= 11 is 7.21. The van der Waals surface area contributed by atoms with Crippen LogP contribution < -0.4 is 15.9 Å². The van der Waals surface area contributed by atoms with Gasteiger partial charge in [0.2, 0.25) is 11.8 Å². The highest BCUT2D eigenvalue weighted by molar-refractivity contribution is 7.98. The molecular formula is C32H38N3O7PS2. The number of nitrogens with one attached hydrogen (secondary N) is 2. The molecule has 1 aromatic heterocycles. The molecule has 0 radical (unpaired) electrons. The molecule has 0 aliphatic rings. The summed E-state index contributed by atoms with van der Waals surface area (Å²) in [4.78, 5) is 26.5. The highest BCUT2D eigenvalue weighted by Gasteiger charge is 2.39. The molecule has 0 fully saturated rings. The first-order chi connectivity index (χ1) is 21.4. The first kappa shape index (κ1) is 36.0. The lowest BCUT2D eigenvalue weighted by molar-refractivity contribution is -0.118. The highest BCUT2D eigenvalue weighted by Crippen LogP contribution is 2.52. The summed E-state index contributed by atoms with van der Waals surface area (Å²) in [7, 11) is -4.28. The molecule has 0 bridgehead atoms. The van der Waals surface area contributed by atoms with Crippen LogP contribution in [0.25, 0.3) is 11.3 Å². The van der Waals surface area contributed by atoms with Crippen LogP contribution in [0.3, 0.4) is 0 Å². The number of alkyl carbamates (subject to hydrolysis) is 1. The number of aryl methyl sites for hydroxylation is 1. The van der Waals surface area contributed by atoms with Crippen LogP contribution in [0.2, 0.25) is 0 Å². The fourth-order valence-electron chi connectivity index (χ4n) is 4.17. The Morgan fingerprint density at radius 1 is 1.04 bits per heavy atom. The van der Waals surface area contributed by atoms with Crippen molar-refractivity contribution in [2.24, 2.45) is 0 Å². The van der Waals surface area contributed by atoms with Crippen molar-refractivity contribution in [1.82, 2.24) is 5.32 Å². The van der Waals surface area contributed by atoms with Crippen molar-refractivity contribution >= 4 is 54.8 Å². The van der Waals surface area contributed by atoms with Crippen LogP contribution in [0.5, 0.6) is 0 Å². The predicted molar refractivity (Wildman–Crippen MR) is 179 cm³/mol. The Labute approximate surface area is 273 Å². The van der Waals surface area contributed by atoms with Gasteiger partial charge in [0.1, 0.15) is 29.6 Å². The van der Waals surface area contributed by atoms with E-state index in [4.69, 9.17) is 30.4 Å². The molecule has 13 heteroatoms. The van der Waals surface area contributed by atoms with Crippen LogP contribution in [0.1, 0.15) is 50.8 Å². The number of nitriles is 1. The molecule has 2 N–H and O–H groups in total. The fourth-order valence-corrected chi connectivity index (χ4v) is 7.28.